The Morgan fingerprint density at radius 1 is 1.44 bits per heavy atom. The largest absolute Gasteiger partial charge is 0.391 e. The molecule has 0 spiro atoms. The van der Waals surface area contributed by atoms with Crippen LogP contribution in [0.25, 0.3) is 0 Å². The molecule has 1 aromatic rings. The molecule has 0 unspecified atom stereocenters. The van der Waals surface area contributed by atoms with Crippen molar-refractivity contribution in [3.8, 4) is 0 Å². The molecular weight excluding hydrogens is 270 g/mol. The van der Waals surface area contributed by atoms with E-state index in [0.29, 0.717) is 28.1 Å². The zero-order valence-electron chi connectivity index (χ0n) is 10.5. The van der Waals surface area contributed by atoms with Gasteiger partial charge in [-0.2, -0.15) is 4.31 Å². The third-order valence-electron chi connectivity index (χ3n) is 3.43. The van der Waals surface area contributed by atoms with Crippen molar-refractivity contribution in [2.75, 3.05) is 13.1 Å². The van der Waals surface area contributed by atoms with Gasteiger partial charge in [0.15, 0.2) is 0 Å². The molecule has 1 aliphatic rings. The van der Waals surface area contributed by atoms with Gasteiger partial charge in [-0.15, -0.1) is 11.3 Å². The summed E-state index contributed by atoms with van der Waals surface area (Å²) in [5.74, 6) is 0.525. The van der Waals surface area contributed by atoms with Crippen LogP contribution in [0.15, 0.2) is 16.3 Å². The molecule has 0 atom stereocenters. The van der Waals surface area contributed by atoms with Crippen LogP contribution >= 0.6 is 11.3 Å². The Hall–Kier alpha value is -0.430. The molecule has 4 nitrogen and oxygen atoms in total. The number of thiophene rings is 1. The smallest absolute Gasteiger partial charge is 0.252 e. The second-order valence-corrected chi connectivity index (χ2v) is 7.96. The van der Waals surface area contributed by atoms with E-state index in [0.717, 1.165) is 24.2 Å². The summed E-state index contributed by atoms with van der Waals surface area (Å²) < 4.78 is 26.7. The third kappa shape index (κ3) is 2.77. The number of hydrogen-bond acceptors (Lipinski definition) is 4. The maximum Gasteiger partial charge on any atom is 0.252 e. The van der Waals surface area contributed by atoms with Gasteiger partial charge in [0.1, 0.15) is 4.21 Å². The van der Waals surface area contributed by atoms with Crippen LogP contribution in [0.1, 0.15) is 31.1 Å². The molecule has 18 heavy (non-hydrogen) atoms. The van der Waals surface area contributed by atoms with Gasteiger partial charge in [-0.3, -0.25) is 0 Å². The molecule has 0 aromatic carbocycles. The van der Waals surface area contributed by atoms with E-state index in [2.05, 4.69) is 0 Å². The summed E-state index contributed by atoms with van der Waals surface area (Å²) >= 11 is 1.16. The van der Waals surface area contributed by atoms with Crippen molar-refractivity contribution < 1.29 is 13.5 Å². The predicted octanol–water partition coefficient (Wildman–Crippen LogP) is 2.05. The summed E-state index contributed by atoms with van der Waals surface area (Å²) in [7, 11) is -3.37. The monoisotopic (exact) mass is 289 g/mol. The van der Waals surface area contributed by atoms with Crippen LogP contribution in [0, 0.1) is 5.92 Å². The average molecular weight is 289 g/mol. The van der Waals surface area contributed by atoms with Crippen LogP contribution in [-0.4, -0.2) is 30.9 Å². The normalized spacial score (nSPS) is 17.1. The second kappa shape index (κ2) is 5.69. The van der Waals surface area contributed by atoms with E-state index in [1.54, 1.807) is 16.4 Å². The predicted molar refractivity (Wildman–Crippen MR) is 72.0 cm³/mol. The minimum Gasteiger partial charge on any atom is -0.391 e. The molecule has 1 N–H and O–H groups in total. The Bertz CT molecular complexity index is 491. The topological polar surface area (TPSA) is 57.6 Å². The van der Waals surface area contributed by atoms with Crippen molar-refractivity contribution in [1.82, 2.24) is 4.31 Å². The number of aliphatic hydroxyl groups is 1. The van der Waals surface area contributed by atoms with E-state index in [9.17, 15) is 8.42 Å². The molecule has 0 bridgehead atoms. The number of aliphatic hydroxyl groups excluding tert-OH is 1. The molecule has 1 heterocycles. The van der Waals surface area contributed by atoms with E-state index >= 15 is 0 Å². The van der Waals surface area contributed by atoms with Crippen LogP contribution in [0.4, 0.5) is 0 Å². The van der Waals surface area contributed by atoms with Crippen LogP contribution in [-0.2, 0) is 16.6 Å². The van der Waals surface area contributed by atoms with Gasteiger partial charge >= 0.3 is 0 Å². The molecule has 2 rings (SSSR count). The van der Waals surface area contributed by atoms with Crippen molar-refractivity contribution in [3.05, 3.63) is 17.0 Å². The first-order valence-corrected chi connectivity index (χ1v) is 8.53. The van der Waals surface area contributed by atoms with Crippen molar-refractivity contribution in [2.45, 2.75) is 37.0 Å². The van der Waals surface area contributed by atoms with Crippen LogP contribution in [0.5, 0.6) is 0 Å². The van der Waals surface area contributed by atoms with Crippen LogP contribution in [0.2, 0.25) is 0 Å². The van der Waals surface area contributed by atoms with E-state index in [-0.39, 0.29) is 6.61 Å². The number of nitrogens with zero attached hydrogens (tertiary/aromatic N) is 1. The van der Waals surface area contributed by atoms with Gasteiger partial charge in [0.25, 0.3) is 10.0 Å². The Balaban J connectivity index is 2.16. The molecule has 0 amide bonds. The summed E-state index contributed by atoms with van der Waals surface area (Å²) in [4.78, 5) is 0.688. The first-order valence-electron chi connectivity index (χ1n) is 6.27. The lowest BCUT2D eigenvalue weighted by atomic mass is 9.85. The zero-order valence-corrected chi connectivity index (χ0v) is 12.1. The SMILES string of the molecule is CCN(CC1CCC1)S(=O)(=O)c1ccc(CO)s1. The number of rotatable bonds is 6. The zero-order chi connectivity index (χ0) is 13.2. The van der Waals surface area contributed by atoms with Crippen molar-refractivity contribution >= 4 is 21.4 Å². The molecule has 0 aliphatic heterocycles. The molecule has 102 valence electrons. The van der Waals surface area contributed by atoms with E-state index in [1.165, 1.54) is 6.42 Å². The first kappa shape index (κ1) is 14.0. The van der Waals surface area contributed by atoms with Crippen LogP contribution in [0.3, 0.4) is 0 Å². The van der Waals surface area contributed by atoms with Crippen molar-refractivity contribution in [2.24, 2.45) is 5.92 Å². The Kier molecular flexibility index (Phi) is 4.42. The summed E-state index contributed by atoms with van der Waals surface area (Å²) in [6.07, 6.45) is 3.49. The molecular formula is C12H19NO3S2. The number of hydrogen-bond donors (Lipinski definition) is 1. The Morgan fingerprint density at radius 2 is 2.17 bits per heavy atom. The Morgan fingerprint density at radius 3 is 2.61 bits per heavy atom. The lowest BCUT2D eigenvalue weighted by Gasteiger charge is -2.30. The maximum atomic E-state index is 12.4. The highest BCUT2D eigenvalue weighted by atomic mass is 32.2. The summed E-state index contributed by atoms with van der Waals surface area (Å²) in [5, 5.41) is 9.01. The number of sulfonamides is 1. The van der Waals surface area contributed by atoms with Gasteiger partial charge in [0, 0.05) is 18.0 Å². The van der Waals surface area contributed by atoms with E-state index in [1.807, 2.05) is 6.92 Å². The first-order chi connectivity index (χ1) is 8.57. The van der Waals surface area contributed by atoms with Gasteiger partial charge in [-0.25, -0.2) is 8.42 Å². The van der Waals surface area contributed by atoms with E-state index in [4.69, 9.17) is 5.11 Å². The molecule has 0 saturated heterocycles. The lowest BCUT2D eigenvalue weighted by molar-refractivity contribution is 0.250. The quantitative estimate of drug-likeness (QED) is 0.872. The molecule has 1 aromatic heterocycles. The highest BCUT2D eigenvalue weighted by Gasteiger charge is 2.29. The fourth-order valence-corrected chi connectivity index (χ4v) is 4.96. The van der Waals surface area contributed by atoms with E-state index < -0.39 is 10.0 Å². The second-order valence-electron chi connectivity index (χ2n) is 4.63. The average Bonchev–Trinajstić information content (AvgIpc) is 2.76. The van der Waals surface area contributed by atoms with Crippen molar-refractivity contribution in [1.29, 1.82) is 0 Å². The van der Waals surface area contributed by atoms with Gasteiger partial charge in [0.2, 0.25) is 0 Å². The highest BCUT2D eigenvalue weighted by Crippen LogP contribution is 2.30. The van der Waals surface area contributed by atoms with Gasteiger partial charge in [-0.1, -0.05) is 13.3 Å². The summed E-state index contributed by atoms with van der Waals surface area (Å²) in [6.45, 7) is 2.90. The fraction of sp³-hybridized carbons (Fsp3) is 0.667. The molecule has 1 saturated carbocycles. The Labute approximate surface area is 112 Å². The molecule has 1 aliphatic carbocycles. The fourth-order valence-electron chi connectivity index (χ4n) is 2.07. The summed E-state index contributed by atoms with van der Waals surface area (Å²) in [6, 6.07) is 3.27. The minimum absolute atomic E-state index is 0.102. The molecule has 1 fully saturated rings. The highest BCUT2D eigenvalue weighted by molar-refractivity contribution is 7.91. The molecule has 0 radical (unpaired) electrons. The summed E-state index contributed by atoms with van der Waals surface area (Å²) in [5.41, 5.74) is 0. The van der Waals surface area contributed by atoms with Gasteiger partial charge in [-0.05, 0) is 30.9 Å². The lowest BCUT2D eigenvalue weighted by Crippen LogP contribution is -2.36. The van der Waals surface area contributed by atoms with Gasteiger partial charge in [0.05, 0.1) is 6.61 Å². The molecule has 6 heteroatoms. The minimum atomic E-state index is -3.37. The standard InChI is InChI=1S/C12H19NO3S2/c1-2-13(8-10-4-3-5-10)18(15,16)12-7-6-11(9-14)17-12/h6-7,10,14H,2-5,8-9H2,1H3. The third-order valence-corrected chi connectivity index (χ3v) is 6.90. The van der Waals surface area contributed by atoms with Gasteiger partial charge < -0.3 is 5.11 Å². The van der Waals surface area contributed by atoms with Crippen LogP contribution < -0.4 is 0 Å². The maximum absolute atomic E-state index is 12.4. The van der Waals surface area contributed by atoms with Crippen molar-refractivity contribution in [3.63, 3.8) is 0 Å².